The second-order valence-corrected chi connectivity index (χ2v) is 7.72. The quantitative estimate of drug-likeness (QED) is 0.570. The fourth-order valence-electron chi connectivity index (χ4n) is 3.81. The van der Waals surface area contributed by atoms with Crippen LogP contribution in [0.4, 0.5) is 5.69 Å². The zero-order valence-corrected chi connectivity index (χ0v) is 17.7. The smallest absolute Gasteiger partial charge is 0.263 e. The lowest BCUT2D eigenvalue weighted by Crippen LogP contribution is -2.39. The molecule has 0 aliphatic carbocycles. The van der Waals surface area contributed by atoms with Gasteiger partial charge in [-0.2, -0.15) is 10.1 Å². The minimum absolute atomic E-state index is 0.0630. The highest BCUT2D eigenvalue weighted by Crippen LogP contribution is 2.34. The number of anilines is 1. The van der Waals surface area contributed by atoms with Gasteiger partial charge in [0.15, 0.2) is 12.1 Å². The Hall–Kier alpha value is -4.08. The fourth-order valence-corrected chi connectivity index (χ4v) is 3.81. The van der Waals surface area contributed by atoms with E-state index < -0.39 is 23.9 Å². The number of rotatable bonds is 5. The molecule has 3 heterocycles. The van der Waals surface area contributed by atoms with Gasteiger partial charge in [-0.25, -0.2) is 4.90 Å². The summed E-state index contributed by atoms with van der Waals surface area (Å²) in [5.74, 6) is 0.428. The summed E-state index contributed by atoms with van der Waals surface area (Å²) in [6, 6.07) is 10.9. The van der Waals surface area contributed by atoms with E-state index in [0.717, 1.165) is 16.0 Å². The number of aryl methyl sites for hydroxylation is 2. The van der Waals surface area contributed by atoms with Crippen LogP contribution in [0.2, 0.25) is 0 Å². The van der Waals surface area contributed by atoms with Gasteiger partial charge in [0.1, 0.15) is 12.3 Å². The molecule has 162 valence electrons. The van der Waals surface area contributed by atoms with Crippen LogP contribution in [-0.4, -0.2) is 46.2 Å². The predicted molar refractivity (Wildman–Crippen MR) is 113 cm³/mol. The number of fused-ring (bicyclic) bond motifs is 1. The first-order valence-corrected chi connectivity index (χ1v) is 10.1. The Labute approximate surface area is 183 Å². The van der Waals surface area contributed by atoms with Gasteiger partial charge in [0, 0.05) is 11.6 Å². The molecule has 1 saturated heterocycles. The maximum atomic E-state index is 13.1. The molecule has 0 spiro atoms. The van der Waals surface area contributed by atoms with Crippen LogP contribution in [0, 0.1) is 13.8 Å². The molecular weight excluding hydrogens is 412 g/mol. The van der Waals surface area contributed by atoms with Gasteiger partial charge in [0.25, 0.3) is 11.8 Å². The highest BCUT2D eigenvalue weighted by Gasteiger charge is 2.55. The van der Waals surface area contributed by atoms with Crippen LogP contribution < -0.4 is 9.64 Å². The van der Waals surface area contributed by atoms with Crippen molar-refractivity contribution in [2.75, 3.05) is 12.0 Å². The van der Waals surface area contributed by atoms with Gasteiger partial charge in [-0.15, -0.1) is 0 Å². The largest absolute Gasteiger partial charge is 0.497 e. The van der Waals surface area contributed by atoms with E-state index in [1.54, 1.807) is 24.3 Å². The monoisotopic (exact) mass is 432 g/mol. The van der Waals surface area contributed by atoms with Gasteiger partial charge in [-0.05, 0) is 43.2 Å². The molecule has 0 unspecified atom stereocenters. The maximum Gasteiger partial charge on any atom is 0.263 e. The average molecular weight is 432 g/mol. The molecule has 0 N–H and O–H groups in total. The molecule has 2 aromatic carbocycles. The molecule has 2 aliphatic heterocycles. The van der Waals surface area contributed by atoms with E-state index in [1.807, 2.05) is 32.0 Å². The highest BCUT2D eigenvalue weighted by molar-refractivity contribution is 6.25. The van der Waals surface area contributed by atoms with E-state index in [-0.39, 0.29) is 12.4 Å². The first kappa shape index (κ1) is 19.9. The van der Waals surface area contributed by atoms with E-state index in [2.05, 4.69) is 20.5 Å². The number of methoxy groups -OCH3 is 1. The fraction of sp³-hybridized carbons (Fsp3) is 0.273. The van der Waals surface area contributed by atoms with Crippen LogP contribution in [0.5, 0.6) is 5.75 Å². The summed E-state index contributed by atoms with van der Waals surface area (Å²) in [4.78, 5) is 31.6. The van der Waals surface area contributed by atoms with Crippen LogP contribution in [0.1, 0.15) is 17.0 Å². The Morgan fingerprint density at radius 2 is 1.91 bits per heavy atom. The molecule has 5 rings (SSSR count). The molecule has 32 heavy (non-hydrogen) atoms. The SMILES string of the molecule is COc1cccc(N2C(=O)[C@H]3N=NN(Cc4nc(-c5ccc(C)c(C)c5)no4)[C@H]3C2=O)c1. The van der Waals surface area contributed by atoms with E-state index >= 15 is 0 Å². The van der Waals surface area contributed by atoms with Crippen molar-refractivity contribution in [1.82, 2.24) is 15.1 Å². The van der Waals surface area contributed by atoms with Crippen molar-refractivity contribution in [3.8, 4) is 17.1 Å². The average Bonchev–Trinajstić information content (AvgIpc) is 3.48. The van der Waals surface area contributed by atoms with E-state index in [9.17, 15) is 9.59 Å². The Morgan fingerprint density at radius 3 is 2.69 bits per heavy atom. The lowest BCUT2D eigenvalue weighted by Gasteiger charge is -2.19. The molecular formula is C22H20N6O4. The summed E-state index contributed by atoms with van der Waals surface area (Å²) in [6.45, 7) is 4.11. The Kier molecular flexibility index (Phi) is 4.69. The second kappa shape index (κ2) is 7.56. The summed E-state index contributed by atoms with van der Waals surface area (Å²) in [5.41, 5.74) is 3.56. The molecule has 0 radical (unpaired) electrons. The summed E-state index contributed by atoms with van der Waals surface area (Å²) < 4.78 is 10.6. The lowest BCUT2D eigenvalue weighted by molar-refractivity contribution is -0.123. The molecule has 10 nitrogen and oxygen atoms in total. The molecule has 3 aromatic rings. The first-order chi connectivity index (χ1) is 15.5. The van der Waals surface area contributed by atoms with Gasteiger partial charge in [0.05, 0.1) is 12.8 Å². The zero-order chi connectivity index (χ0) is 22.4. The third kappa shape index (κ3) is 3.20. The third-order valence-electron chi connectivity index (χ3n) is 5.70. The molecule has 0 saturated carbocycles. The van der Waals surface area contributed by atoms with Crippen LogP contribution in [-0.2, 0) is 16.1 Å². The molecule has 0 bridgehead atoms. The number of benzene rings is 2. The molecule has 2 aliphatic rings. The first-order valence-electron chi connectivity index (χ1n) is 10.1. The minimum Gasteiger partial charge on any atom is -0.497 e. The number of carbonyl (C=O) groups is 2. The van der Waals surface area contributed by atoms with Crippen molar-refractivity contribution in [1.29, 1.82) is 0 Å². The number of imide groups is 1. The molecule has 2 amide bonds. The summed E-state index contributed by atoms with van der Waals surface area (Å²) in [7, 11) is 1.52. The number of amides is 2. The number of aromatic nitrogens is 2. The van der Waals surface area contributed by atoms with Gasteiger partial charge in [-0.3, -0.25) is 14.6 Å². The number of hydrogen-bond acceptors (Lipinski definition) is 9. The van der Waals surface area contributed by atoms with Gasteiger partial charge < -0.3 is 9.26 Å². The van der Waals surface area contributed by atoms with Crippen LogP contribution in [0.3, 0.4) is 0 Å². The van der Waals surface area contributed by atoms with E-state index in [1.165, 1.54) is 17.7 Å². The highest BCUT2D eigenvalue weighted by atomic mass is 16.5. The summed E-state index contributed by atoms with van der Waals surface area (Å²) >= 11 is 0. The predicted octanol–water partition coefficient (Wildman–Crippen LogP) is 2.86. The van der Waals surface area contributed by atoms with Crippen molar-refractivity contribution >= 4 is 17.5 Å². The summed E-state index contributed by atoms with van der Waals surface area (Å²) in [5, 5.41) is 13.5. The van der Waals surface area contributed by atoms with Crippen molar-refractivity contribution in [2.45, 2.75) is 32.5 Å². The lowest BCUT2D eigenvalue weighted by atomic mass is 10.1. The third-order valence-corrected chi connectivity index (χ3v) is 5.70. The topological polar surface area (TPSA) is 113 Å². The van der Waals surface area contributed by atoms with Crippen LogP contribution >= 0.6 is 0 Å². The van der Waals surface area contributed by atoms with Crippen LogP contribution in [0.15, 0.2) is 57.3 Å². The van der Waals surface area contributed by atoms with Crippen molar-refractivity contribution in [2.24, 2.45) is 10.3 Å². The normalized spacial score (nSPS) is 19.7. The molecule has 1 aromatic heterocycles. The van der Waals surface area contributed by atoms with Crippen molar-refractivity contribution < 1.29 is 18.8 Å². The maximum absolute atomic E-state index is 13.1. The Morgan fingerprint density at radius 1 is 1.06 bits per heavy atom. The molecule has 2 atom stereocenters. The van der Waals surface area contributed by atoms with Gasteiger partial charge in [0.2, 0.25) is 11.7 Å². The van der Waals surface area contributed by atoms with Gasteiger partial charge in [-0.1, -0.05) is 28.6 Å². The Bertz CT molecular complexity index is 1250. The number of hydrogen-bond donors (Lipinski definition) is 0. The minimum atomic E-state index is -0.907. The van der Waals surface area contributed by atoms with E-state index in [0.29, 0.717) is 17.3 Å². The van der Waals surface area contributed by atoms with Gasteiger partial charge >= 0.3 is 0 Å². The van der Waals surface area contributed by atoms with Crippen molar-refractivity contribution in [3.63, 3.8) is 0 Å². The standard InChI is InChI=1S/C22H20N6O4/c1-12-7-8-14(9-13(12)2)20-23-17(32-25-20)11-27-19-18(24-26-27)21(29)28(22(19)30)15-5-4-6-16(10-15)31-3/h4-10,18-19H,11H2,1-3H3/t18-,19+/m0/s1. The molecule has 10 heteroatoms. The number of nitrogens with zero attached hydrogens (tertiary/aromatic N) is 6. The van der Waals surface area contributed by atoms with Crippen LogP contribution in [0.25, 0.3) is 11.4 Å². The number of carbonyl (C=O) groups excluding carboxylic acids is 2. The molecule has 1 fully saturated rings. The number of ether oxygens (including phenoxy) is 1. The second-order valence-electron chi connectivity index (χ2n) is 7.72. The Balaban J connectivity index is 1.36. The van der Waals surface area contributed by atoms with E-state index in [4.69, 9.17) is 9.26 Å². The zero-order valence-electron chi connectivity index (χ0n) is 17.7. The summed E-state index contributed by atoms with van der Waals surface area (Å²) in [6.07, 6.45) is 0. The van der Waals surface area contributed by atoms with Crippen molar-refractivity contribution in [3.05, 3.63) is 59.5 Å².